The topological polar surface area (TPSA) is 95.5 Å². The van der Waals surface area contributed by atoms with Crippen molar-refractivity contribution in [2.75, 3.05) is 20.8 Å². The van der Waals surface area contributed by atoms with E-state index in [0.717, 1.165) is 0 Å². The van der Waals surface area contributed by atoms with E-state index in [1.807, 2.05) is 0 Å². The zero-order valence-electron chi connectivity index (χ0n) is 19.1. The molecular weight excluding hydrogens is 495 g/mol. The van der Waals surface area contributed by atoms with Gasteiger partial charge in [-0.1, -0.05) is 23.2 Å². The average Bonchev–Trinajstić information content (AvgIpc) is 2.85. The quantitative estimate of drug-likeness (QED) is 0.177. The summed E-state index contributed by atoms with van der Waals surface area (Å²) in [7, 11) is 3.00. The fourth-order valence-corrected chi connectivity index (χ4v) is 3.46. The van der Waals surface area contributed by atoms with Crippen molar-refractivity contribution in [1.29, 1.82) is 0 Å². The summed E-state index contributed by atoms with van der Waals surface area (Å²) in [5.74, 6) is 0.370. The third-order valence-electron chi connectivity index (χ3n) is 4.65. The highest BCUT2D eigenvalue weighted by atomic mass is 35.5. The van der Waals surface area contributed by atoms with Crippen LogP contribution in [0, 0.1) is 0 Å². The van der Waals surface area contributed by atoms with Crippen LogP contribution in [0.15, 0.2) is 59.7 Å². The van der Waals surface area contributed by atoms with Gasteiger partial charge in [0.2, 0.25) is 0 Å². The van der Waals surface area contributed by atoms with Crippen molar-refractivity contribution >= 4 is 41.3 Å². The number of hydrogen-bond donors (Lipinski definition) is 1. The number of nitrogens with zero attached hydrogens (tertiary/aromatic N) is 1. The number of carbonyl (C=O) groups is 2. The Labute approximate surface area is 212 Å². The van der Waals surface area contributed by atoms with Crippen molar-refractivity contribution in [1.82, 2.24) is 5.43 Å². The average molecular weight is 517 g/mol. The number of hydrazone groups is 1. The summed E-state index contributed by atoms with van der Waals surface area (Å²) in [4.78, 5) is 25.0. The summed E-state index contributed by atoms with van der Waals surface area (Å²) in [6, 6.07) is 14.1. The number of carbonyl (C=O) groups excluding carboxylic acids is 2. The molecule has 0 aliphatic rings. The van der Waals surface area contributed by atoms with Crippen molar-refractivity contribution < 1.29 is 28.5 Å². The van der Waals surface area contributed by atoms with E-state index in [-0.39, 0.29) is 16.3 Å². The molecule has 3 aromatic carbocycles. The van der Waals surface area contributed by atoms with Gasteiger partial charge in [0.05, 0.1) is 37.6 Å². The molecule has 0 heterocycles. The van der Waals surface area contributed by atoms with Crippen molar-refractivity contribution in [3.05, 3.63) is 81.3 Å². The number of hydrogen-bond acceptors (Lipinski definition) is 7. The zero-order valence-corrected chi connectivity index (χ0v) is 20.6. The molecule has 3 rings (SSSR count). The van der Waals surface area contributed by atoms with Crippen molar-refractivity contribution in [2.24, 2.45) is 5.10 Å². The first-order chi connectivity index (χ1) is 16.9. The van der Waals surface area contributed by atoms with E-state index in [2.05, 4.69) is 10.5 Å². The largest absolute Gasteiger partial charge is 0.493 e. The lowest BCUT2D eigenvalue weighted by Crippen LogP contribution is -2.17. The number of benzene rings is 3. The number of amides is 1. The summed E-state index contributed by atoms with van der Waals surface area (Å²) in [5.41, 5.74) is 3.57. The smallest absolute Gasteiger partial charge is 0.345 e. The summed E-state index contributed by atoms with van der Waals surface area (Å²) < 4.78 is 21.5. The minimum absolute atomic E-state index is 0.169. The van der Waals surface area contributed by atoms with Gasteiger partial charge in [-0.15, -0.1) is 0 Å². The van der Waals surface area contributed by atoms with E-state index in [9.17, 15) is 9.59 Å². The fourth-order valence-electron chi connectivity index (χ4n) is 2.97. The Hall–Kier alpha value is -3.75. The van der Waals surface area contributed by atoms with Gasteiger partial charge in [-0.25, -0.2) is 10.2 Å². The highest BCUT2D eigenvalue weighted by molar-refractivity contribution is 6.36. The first-order valence-corrected chi connectivity index (χ1v) is 11.1. The molecular formula is C25H22Cl2N2O6. The Bertz CT molecular complexity index is 1260. The maximum Gasteiger partial charge on any atom is 0.345 e. The lowest BCUT2D eigenvalue weighted by atomic mass is 10.2. The monoisotopic (exact) mass is 516 g/mol. The summed E-state index contributed by atoms with van der Waals surface area (Å²) in [6.07, 6.45) is 1.43. The first-order valence-electron chi connectivity index (χ1n) is 10.4. The summed E-state index contributed by atoms with van der Waals surface area (Å²) in [5, 5.41) is 4.57. The van der Waals surface area contributed by atoms with Crippen LogP contribution in [0.2, 0.25) is 10.0 Å². The third kappa shape index (κ3) is 6.65. The van der Waals surface area contributed by atoms with Gasteiger partial charge in [0.15, 0.2) is 23.0 Å². The molecule has 1 amide bonds. The lowest BCUT2D eigenvalue weighted by Gasteiger charge is -2.12. The van der Waals surface area contributed by atoms with Crippen LogP contribution in [0.1, 0.15) is 33.2 Å². The molecule has 0 atom stereocenters. The maximum absolute atomic E-state index is 12.6. The second-order valence-electron chi connectivity index (χ2n) is 6.92. The molecule has 1 N–H and O–H groups in total. The van der Waals surface area contributed by atoms with Gasteiger partial charge < -0.3 is 18.9 Å². The van der Waals surface area contributed by atoms with E-state index in [1.165, 1.54) is 32.6 Å². The van der Waals surface area contributed by atoms with Gasteiger partial charge in [-0.3, -0.25) is 4.79 Å². The Morgan fingerprint density at radius 2 is 1.66 bits per heavy atom. The maximum atomic E-state index is 12.6. The van der Waals surface area contributed by atoms with Crippen molar-refractivity contribution in [2.45, 2.75) is 6.92 Å². The molecule has 0 aliphatic heterocycles. The van der Waals surface area contributed by atoms with Crippen molar-refractivity contribution in [3.8, 4) is 23.0 Å². The summed E-state index contributed by atoms with van der Waals surface area (Å²) in [6.45, 7) is 2.13. The second kappa shape index (κ2) is 12.1. The van der Waals surface area contributed by atoms with E-state index in [0.29, 0.717) is 40.0 Å². The zero-order chi connectivity index (χ0) is 25.4. The van der Waals surface area contributed by atoms with Crippen LogP contribution in [0.3, 0.4) is 0 Å². The van der Waals surface area contributed by atoms with Crippen LogP contribution < -0.4 is 24.4 Å². The molecule has 0 unspecified atom stereocenters. The molecule has 0 saturated carbocycles. The van der Waals surface area contributed by atoms with Crippen LogP contribution in [0.5, 0.6) is 23.0 Å². The molecule has 0 fully saturated rings. The molecule has 3 aromatic rings. The van der Waals surface area contributed by atoms with Gasteiger partial charge in [0.1, 0.15) is 0 Å². The number of ether oxygens (including phenoxy) is 4. The Kier molecular flexibility index (Phi) is 8.94. The number of esters is 1. The minimum Gasteiger partial charge on any atom is -0.493 e. The minimum atomic E-state index is -0.656. The number of halogens is 2. The normalized spacial score (nSPS) is 10.7. The van der Waals surface area contributed by atoms with E-state index < -0.39 is 11.9 Å². The molecule has 0 aliphatic carbocycles. The first kappa shape index (κ1) is 25.9. The predicted octanol–water partition coefficient (Wildman–Crippen LogP) is 5.39. The molecule has 0 bridgehead atoms. The number of rotatable bonds is 9. The lowest BCUT2D eigenvalue weighted by molar-refractivity contribution is 0.0728. The molecule has 0 spiro atoms. The molecule has 35 heavy (non-hydrogen) atoms. The van der Waals surface area contributed by atoms with Crippen molar-refractivity contribution in [3.63, 3.8) is 0 Å². The van der Waals surface area contributed by atoms with Crippen LogP contribution in [0.4, 0.5) is 0 Å². The molecule has 182 valence electrons. The molecule has 10 heteroatoms. The molecule has 8 nitrogen and oxygen atoms in total. The van der Waals surface area contributed by atoms with E-state index in [4.69, 9.17) is 42.1 Å². The molecule has 0 saturated heterocycles. The Morgan fingerprint density at radius 1 is 0.914 bits per heavy atom. The van der Waals surface area contributed by atoms with Gasteiger partial charge in [-0.05, 0) is 67.1 Å². The van der Waals surface area contributed by atoms with Crippen LogP contribution in [-0.4, -0.2) is 38.9 Å². The third-order valence-corrected chi connectivity index (χ3v) is 5.19. The van der Waals surface area contributed by atoms with Gasteiger partial charge in [0.25, 0.3) is 5.91 Å². The van der Waals surface area contributed by atoms with Crippen LogP contribution in [0.25, 0.3) is 0 Å². The Morgan fingerprint density at radius 3 is 2.34 bits per heavy atom. The number of methoxy groups -OCH3 is 2. The van der Waals surface area contributed by atoms with Gasteiger partial charge in [-0.2, -0.15) is 5.10 Å². The summed E-state index contributed by atoms with van der Waals surface area (Å²) >= 11 is 12.0. The van der Waals surface area contributed by atoms with Crippen LogP contribution >= 0.6 is 23.2 Å². The van der Waals surface area contributed by atoms with Crippen LogP contribution in [-0.2, 0) is 0 Å². The predicted molar refractivity (Wildman–Crippen MR) is 134 cm³/mol. The second-order valence-corrected chi connectivity index (χ2v) is 7.77. The van der Waals surface area contributed by atoms with E-state index >= 15 is 0 Å². The molecule has 0 radical (unpaired) electrons. The molecule has 0 aromatic heterocycles. The standard InChI is InChI=1S/C25H22Cl2N2O6/c1-4-34-23-11-15(5-9-21(23)35-25(31)18-8-7-17(26)13-19(18)27)14-28-29-24(30)16-6-10-20(32-2)22(12-16)33-3/h5-14H,4H2,1-3H3,(H,29,30). The fraction of sp³-hybridized carbons (Fsp3) is 0.160. The Balaban J connectivity index is 1.72. The van der Waals surface area contributed by atoms with Gasteiger partial charge >= 0.3 is 5.97 Å². The number of nitrogens with one attached hydrogen (secondary N) is 1. The highest BCUT2D eigenvalue weighted by Gasteiger charge is 2.16. The van der Waals surface area contributed by atoms with Gasteiger partial charge in [0, 0.05) is 10.6 Å². The highest BCUT2D eigenvalue weighted by Crippen LogP contribution is 2.30. The SMILES string of the molecule is CCOc1cc(C=NNC(=O)c2ccc(OC)c(OC)c2)ccc1OC(=O)c1ccc(Cl)cc1Cl. The van der Waals surface area contributed by atoms with E-state index in [1.54, 1.807) is 49.4 Å².